The Morgan fingerprint density at radius 3 is 3.03 bits per heavy atom. The van der Waals surface area contributed by atoms with Crippen LogP contribution in [0.2, 0.25) is 0 Å². The van der Waals surface area contributed by atoms with Crippen LogP contribution in [0, 0.1) is 0 Å². The molecule has 1 saturated heterocycles. The monoisotopic (exact) mass is 395 g/mol. The highest BCUT2D eigenvalue weighted by Crippen LogP contribution is 2.32. The van der Waals surface area contributed by atoms with E-state index in [0.29, 0.717) is 5.92 Å². The molecule has 1 aromatic carbocycles. The summed E-state index contributed by atoms with van der Waals surface area (Å²) < 4.78 is 8.11. The largest absolute Gasteiger partial charge is 0.373 e. The molecule has 2 atom stereocenters. The van der Waals surface area contributed by atoms with Crippen LogP contribution >= 0.6 is 0 Å². The predicted molar refractivity (Wildman–Crippen MR) is 116 cm³/mol. The van der Waals surface area contributed by atoms with Crippen LogP contribution in [-0.4, -0.2) is 53.9 Å². The first-order valence-electron chi connectivity index (χ1n) is 10.9. The van der Waals surface area contributed by atoms with Crippen molar-refractivity contribution in [2.24, 2.45) is 12.0 Å². The molecule has 4 rings (SSSR count). The Morgan fingerprint density at radius 2 is 2.21 bits per heavy atom. The fourth-order valence-corrected chi connectivity index (χ4v) is 4.59. The minimum atomic E-state index is 0.262. The van der Waals surface area contributed by atoms with E-state index in [1.54, 1.807) is 0 Å². The summed E-state index contributed by atoms with van der Waals surface area (Å²) in [7, 11) is 3.85. The second-order valence-corrected chi connectivity index (χ2v) is 8.16. The molecule has 156 valence electrons. The molecule has 0 amide bonds. The van der Waals surface area contributed by atoms with E-state index < -0.39 is 0 Å². The van der Waals surface area contributed by atoms with Gasteiger partial charge < -0.3 is 15.0 Å². The van der Waals surface area contributed by atoms with Gasteiger partial charge in [-0.1, -0.05) is 24.3 Å². The fraction of sp³-hybridized carbons (Fsp3) is 0.565. The third-order valence-corrected chi connectivity index (χ3v) is 6.13. The van der Waals surface area contributed by atoms with Crippen molar-refractivity contribution in [3.8, 4) is 0 Å². The zero-order chi connectivity index (χ0) is 20.1. The Balaban J connectivity index is 1.19. The standard InChI is InChI=1S/C23H33N5O/c1-24-23(28-13-11-19(17-28)20-15-26-27(2)16-20)25-12-6-14-29-22-10-5-8-18-7-3-4-9-21(18)22/h3-4,7,9,15-16,19,22H,5-6,8,10-14,17H2,1-2H3,(H,24,25). The molecule has 0 bridgehead atoms. The zero-order valence-corrected chi connectivity index (χ0v) is 17.7. The van der Waals surface area contributed by atoms with Crippen LogP contribution in [0.15, 0.2) is 41.7 Å². The van der Waals surface area contributed by atoms with Crippen LogP contribution in [0.1, 0.15) is 54.4 Å². The van der Waals surface area contributed by atoms with Gasteiger partial charge in [0.15, 0.2) is 5.96 Å². The lowest BCUT2D eigenvalue weighted by Crippen LogP contribution is -2.40. The van der Waals surface area contributed by atoms with Crippen LogP contribution in [0.5, 0.6) is 0 Å². The molecule has 1 aliphatic carbocycles. The van der Waals surface area contributed by atoms with E-state index in [2.05, 4.69) is 50.8 Å². The van der Waals surface area contributed by atoms with Crippen LogP contribution in [-0.2, 0) is 18.2 Å². The molecule has 1 fully saturated rings. The average Bonchev–Trinajstić information content (AvgIpc) is 3.40. The number of aryl methyl sites for hydroxylation is 2. The van der Waals surface area contributed by atoms with Crippen molar-refractivity contribution in [1.82, 2.24) is 20.0 Å². The molecule has 6 nitrogen and oxygen atoms in total. The summed E-state index contributed by atoms with van der Waals surface area (Å²) in [5, 5.41) is 7.83. The normalized spacial score (nSPS) is 22.0. The van der Waals surface area contributed by atoms with Crippen molar-refractivity contribution in [1.29, 1.82) is 0 Å². The molecule has 6 heteroatoms. The van der Waals surface area contributed by atoms with E-state index in [0.717, 1.165) is 51.5 Å². The minimum Gasteiger partial charge on any atom is -0.373 e. The zero-order valence-electron chi connectivity index (χ0n) is 17.7. The summed E-state index contributed by atoms with van der Waals surface area (Å²) in [5.74, 6) is 1.54. The number of aromatic nitrogens is 2. The van der Waals surface area contributed by atoms with Crippen molar-refractivity contribution < 1.29 is 4.74 Å². The number of aliphatic imine (C=N–C) groups is 1. The summed E-state index contributed by atoms with van der Waals surface area (Å²) in [4.78, 5) is 6.85. The number of ether oxygens (including phenoxy) is 1. The van der Waals surface area contributed by atoms with Crippen LogP contribution < -0.4 is 5.32 Å². The predicted octanol–water partition coefficient (Wildman–Crippen LogP) is 3.27. The Kier molecular flexibility index (Phi) is 6.49. The quantitative estimate of drug-likeness (QED) is 0.463. The van der Waals surface area contributed by atoms with Crippen LogP contribution in [0.25, 0.3) is 0 Å². The van der Waals surface area contributed by atoms with E-state index >= 15 is 0 Å². The summed E-state index contributed by atoms with van der Waals surface area (Å²) >= 11 is 0. The van der Waals surface area contributed by atoms with E-state index in [9.17, 15) is 0 Å². The minimum absolute atomic E-state index is 0.262. The number of hydrogen-bond acceptors (Lipinski definition) is 3. The van der Waals surface area contributed by atoms with Gasteiger partial charge in [0.05, 0.1) is 12.3 Å². The third-order valence-electron chi connectivity index (χ3n) is 6.13. The molecule has 2 aromatic rings. The Hall–Kier alpha value is -2.34. The first-order valence-corrected chi connectivity index (χ1v) is 10.9. The molecule has 1 aromatic heterocycles. The van der Waals surface area contributed by atoms with Gasteiger partial charge in [-0.25, -0.2) is 0 Å². The summed E-state index contributed by atoms with van der Waals surface area (Å²) in [5.41, 5.74) is 4.17. The van der Waals surface area contributed by atoms with Crippen molar-refractivity contribution in [3.05, 3.63) is 53.3 Å². The first-order chi connectivity index (χ1) is 14.2. The highest BCUT2D eigenvalue weighted by molar-refractivity contribution is 5.80. The molecular formula is C23H33N5O. The van der Waals surface area contributed by atoms with Gasteiger partial charge in [0.25, 0.3) is 0 Å². The number of fused-ring (bicyclic) bond motifs is 1. The van der Waals surface area contributed by atoms with Gasteiger partial charge in [0, 0.05) is 52.5 Å². The first kappa shape index (κ1) is 20.0. The van der Waals surface area contributed by atoms with Crippen LogP contribution in [0.3, 0.4) is 0 Å². The maximum atomic E-state index is 6.22. The molecule has 0 radical (unpaired) electrons. The Bertz CT molecular complexity index is 830. The van der Waals surface area contributed by atoms with Crippen LogP contribution in [0.4, 0.5) is 0 Å². The molecule has 1 N–H and O–H groups in total. The molecule has 2 heterocycles. The lowest BCUT2D eigenvalue weighted by Gasteiger charge is -2.26. The number of nitrogens with zero attached hydrogens (tertiary/aromatic N) is 4. The van der Waals surface area contributed by atoms with Gasteiger partial charge in [0.1, 0.15) is 0 Å². The highest BCUT2D eigenvalue weighted by Gasteiger charge is 2.26. The molecule has 0 spiro atoms. The van der Waals surface area contributed by atoms with Gasteiger partial charge in [-0.15, -0.1) is 0 Å². The van der Waals surface area contributed by atoms with E-state index in [-0.39, 0.29) is 6.10 Å². The molecule has 2 unspecified atom stereocenters. The van der Waals surface area contributed by atoms with Gasteiger partial charge in [-0.3, -0.25) is 9.67 Å². The van der Waals surface area contributed by atoms with E-state index in [1.165, 1.54) is 29.5 Å². The number of likely N-dealkylation sites (tertiary alicyclic amines) is 1. The maximum absolute atomic E-state index is 6.22. The smallest absolute Gasteiger partial charge is 0.193 e. The second kappa shape index (κ2) is 9.44. The van der Waals surface area contributed by atoms with E-state index in [4.69, 9.17) is 4.74 Å². The van der Waals surface area contributed by atoms with Gasteiger partial charge in [-0.05, 0) is 48.8 Å². The third kappa shape index (κ3) is 4.81. The molecule has 2 aliphatic rings. The Labute approximate surface area is 174 Å². The van der Waals surface area contributed by atoms with Crippen molar-refractivity contribution in [2.75, 3.05) is 33.3 Å². The summed E-state index contributed by atoms with van der Waals surface area (Å²) in [6.07, 6.45) is 10.1. The topological polar surface area (TPSA) is 54.7 Å². The number of hydrogen-bond donors (Lipinski definition) is 1. The average molecular weight is 396 g/mol. The van der Waals surface area contributed by atoms with Crippen molar-refractivity contribution >= 4 is 5.96 Å². The van der Waals surface area contributed by atoms with Gasteiger partial charge in [-0.2, -0.15) is 5.10 Å². The number of benzene rings is 1. The van der Waals surface area contributed by atoms with Gasteiger partial charge in [0.2, 0.25) is 0 Å². The Morgan fingerprint density at radius 1 is 1.31 bits per heavy atom. The molecular weight excluding hydrogens is 362 g/mol. The number of nitrogens with one attached hydrogen (secondary N) is 1. The second-order valence-electron chi connectivity index (χ2n) is 8.16. The number of rotatable bonds is 6. The summed E-state index contributed by atoms with van der Waals surface area (Å²) in [6, 6.07) is 8.73. The fourth-order valence-electron chi connectivity index (χ4n) is 4.59. The maximum Gasteiger partial charge on any atom is 0.193 e. The van der Waals surface area contributed by atoms with Crippen molar-refractivity contribution in [2.45, 2.75) is 44.1 Å². The lowest BCUT2D eigenvalue weighted by atomic mass is 9.89. The molecule has 0 saturated carbocycles. The van der Waals surface area contributed by atoms with Crippen molar-refractivity contribution in [3.63, 3.8) is 0 Å². The van der Waals surface area contributed by atoms with Gasteiger partial charge >= 0.3 is 0 Å². The number of guanidine groups is 1. The SMILES string of the molecule is CN=C(NCCCOC1CCCc2ccccc21)N1CCC(c2cnn(C)c2)C1. The van der Waals surface area contributed by atoms with E-state index in [1.807, 2.05) is 25.0 Å². The lowest BCUT2D eigenvalue weighted by molar-refractivity contribution is 0.0397. The molecule has 1 aliphatic heterocycles. The highest BCUT2D eigenvalue weighted by atomic mass is 16.5. The summed E-state index contributed by atoms with van der Waals surface area (Å²) in [6.45, 7) is 3.70. The molecule has 29 heavy (non-hydrogen) atoms.